The third-order valence-corrected chi connectivity index (χ3v) is 6.45. The molecule has 4 heterocycles. The molecule has 30 heavy (non-hydrogen) atoms. The van der Waals surface area contributed by atoms with E-state index in [0.717, 1.165) is 21.8 Å². The zero-order chi connectivity index (χ0) is 21.5. The summed E-state index contributed by atoms with van der Waals surface area (Å²) >= 11 is 5.01. The summed E-state index contributed by atoms with van der Waals surface area (Å²) in [6, 6.07) is 1.56. The van der Waals surface area contributed by atoms with E-state index < -0.39 is 11.4 Å². The van der Waals surface area contributed by atoms with Crippen molar-refractivity contribution < 1.29 is 13.9 Å². The number of fused-ring (bicyclic) bond motifs is 1. The first-order chi connectivity index (χ1) is 14.2. The van der Waals surface area contributed by atoms with Crippen LogP contribution in [0.15, 0.2) is 28.3 Å². The summed E-state index contributed by atoms with van der Waals surface area (Å²) in [5, 5.41) is 5.35. The van der Waals surface area contributed by atoms with Gasteiger partial charge < -0.3 is 15.0 Å². The van der Waals surface area contributed by atoms with E-state index in [1.165, 1.54) is 17.5 Å². The average Bonchev–Trinajstić information content (AvgIpc) is 3.28. The Morgan fingerprint density at radius 3 is 2.93 bits per heavy atom. The Bertz CT molecular complexity index is 1100. The highest BCUT2D eigenvalue weighted by molar-refractivity contribution is 9.10. The maximum atomic E-state index is 14.3. The van der Waals surface area contributed by atoms with Gasteiger partial charge in [0.05, 0.1) is 20.9 Å². The number of hydrogen-bond donors (Lipinski definition) is 1. The van der Waals surface area contributed by atoms with Gasteiger partial charge in [0, 0.05) is 30.7 Å². The number of aromatic nitrogens is 3. The molecule has 1 saturated heterocycles. The van der Waals surface area contributed by atoms with E-state index in [9.17, 15) is 9.18 Å². The number of pyridine rings is 1. The molecule has 1 fully saturated rings. The Hall–Kier alpha value is -2.33. The third-order valence-electron chi connectivity index (χ3n) is 4.57. The van der Waals surface area contributed by atoms with Gasteiger partial charge in [0.2, 0.25) is 0 Å². The summed E-state index contributed by atoms with van der Waals surface area (Å²) in [7, 11) is 0. The lowest BCUT2D eigenvalue weighted by molar-refractivity contribution is 0.0293. The highest BCUT2D eigenvalue weighted by Crippen LogP contribution is 2.36. The molecule has 0 radical (unpaired) electrons. The van der Waals surface area contributed by atoms with Crippen molar-refractivity contribution in [2.45, 2.75) is 38.8 Å². The molecule has 1 atom stereocenters. The quantitative estimate of drug-likeness (QED) is 0.548. The van der Waals surface area contributed by atoms with Gasteiger partial charge in [0.15, 0.2) is 11.6 Å². The van der Waals surface area contributed by atoms with Crippen molar-refractivity contribution >= 4 is 49.4 Å². The van der Waals surface area contributed by atoms with E-state index in [1.54, 1.807) is 11.0 Å². The van der Waals surface area contributed by atoms with Gasteiger partial charge in [0.25, 0.3) is 0 Å². The average molecular weight is 494 g/mol. The number of likely N-dealkylation sites (tertiary alicyclic amines) is 1. The maximum Gasteiger partial charge on any atom is 0.410 e. The predicted molar refractivity (Wildman–Crippen MR) is 118 cm³/mol. The number of halogens is 2. The fourth-order valence-corrected chi connectivity index (χ4v) is 4.74. The molecule has 0 spiro atoms. The normalized spacial score (nSPS) is 16.8. The number of hydrogen-bond acceptors (Lipinski definition) is 7. The number of thiophene rings is 1. The van der Waals surface area contributed by atoms with E-state index in [1.807, 2.05) is 26.2 Å². The van der Waals surface area contributed by atoms with Crippen molar-refractivity contribution in [3.05, 3.63) is 34.1 Å². The van der Waals surface area contributed by atoms with E-state index in [-0.39, 0.29) is 23.5 Å². The number of rotatable bonds is 3. The zero-order valence-corrected chi connectivity index (χ0v) is 19.2. The molecule has 7 nitrogen and oxygen atoms in total. The number of anilines is 1. The highest BCUT2D eigenvalue weighted by atomic mass is 79.9. The lowest BCUT2D eigenvalue weighted by Gasteiger charge is -2.24. The number of ether oxygens (including phenoxy) is 1. The molecule has 3 aromatic rings. The molecule has 1 aliphatic rings. The molecule has 1 N–H and O–H groups in total. The summed E-state index contributed by atoms with van der Waals surface area (Å²) in [6.07, 6.45) is 3.10. The maximum absolute atomic E-state index is 14.3. The van der Waals surface area contributed by atoms with Crippen LogP contribution in [0, 0.1) is 5.82 Å². The molecule has 1 amide bonds. The Labute approximate surface area is 185 Å². The minimum absolute atomic E-state index is 0.00614. The first-order valence-electron chi connectivity index (χ1n) is 9.50. The summed E-state index contributed by atoms with van der Waals surface area (Å²) in [5.41, 5.74) is 0.467. The Morgan fingerprint density at radius 1 is 1.40 bits per heavy atom. The molecular formula is C20H21BrFN5O2S. The topological polar surface area (TPSA) is 80.2 Å². The van der Waals surface area contributed by atoms with Gasteiger partial charge in [-0.2, -0.15) is 0 Å². The first kappa shape index (κ1) is 20.9. The molecule has 0 bridgehead atoms. The zero-order valence-electron chi connectivity index (χ0n) is 16.8. The summed E-state index contributed by atoms with van der Waals surface area (Å²) in [4.78, 5) is 27.0. The van der Waals surface area contributed by atoms with Crippen LogP contribution in [0.2, 0.25) is 0 Å². The highest BCUT2D eigenvalue weighted by Gasteiger charge is 2.30. The molecule has 10 heteroatoms. The van der Waals surface area contributed by atoms with Crippen LogP contribution in [0.25, 0.3) is 21.6 Å². The molecule has 158 valence electrons. The third kappa shape index (κ3) is 4.39. The monoisotopic (exact) mass is 493 g/mol. The molecular weight excluding hydrogens is 473 g/mol. The lowest BCUT2D eigenvalue weighted by Crippen LogP contribution is -2.36. The summed E-state index contributed by atoms with van der Waals surface area (Å²) in [5.74, 6) is 0.426. The Balaban J connectivity index is 1.60. The second-order valence-electron chi connectivity index (χ2n) is 8.07. The summed E-state index contributed by atoms with van der Waals surface area (Å²) < 4.78 is 21.4. The molecule has 0 saturated carbocycles. The van der Waals surface area contributed by atoms with Crippen LogP contribution in [0.3, 0.4) is 0 Å². The van der Waals surface area contributed by atoms with Crippen LogP contribution >= 0.6 is 27.3 Å². The fourth-order valence-electron chi connectivity index (χ4n) is 3.23. The molecule has 4 rings (SSSR count). The number of carbonyl (C=O) groups is 1. The van der Waals surface area contributed by atoms with E-state index >= 15 is 0 Å². The second-order valence-corrected chi connectivity index (χ2v) is 9.80. The largest absolute Gasteiger partial charge is 0.444 e. The molecule has 0 unspecified atom stereocenters. The van der Waals surface area contributed by atoms with Gasteiger partial charge in [-0.15, -0.1) is 11.3 Å². The number of carbonyl (C=O) groups excluding carboxylic acids is 1. The van der Waals surface area contributed by atoms with Gasteiger partial charge >= 0.3 is 6.09 Å². The first-order valence-corrected chi connectivity index (χ1v) is 11.2. The smallest absolute Gasteiger partial charge is 0.410 e. The van der Waals surface area contributed by atoms with Crippen molar-refractivity contribution in [3.63, 3.8) is 0 Å². The van der Waals surface area contributed by atoms with E-state index in [0.29, 0.717) is 24.4 Å². The van der Waals surface area contributed by atoms with Crippen molar-refractivity contribution in [3.8, 4) is 11.4 Å². The Kier molecular flexibility index (Phi) is 5.63. The number of nitrogens with zero attached hydrogens (tertiary/aromatic N) is 4. The van der Waals surface area contributed by atoms with Crippen molar-refractivity contribution in [2.75, 3.05) is 18.4 Å². The van der Waals surface area contributed by atoms with E-state index in [4.69, 9.17) is 4.74 Å². The van der Waals surface area contributed by atoms with E-state index in [2.05, 4.69) is 36.2 Å². The van der Waals surface area contributed by atoms with Crippen LogP contribution in [-0.4, -0.2) is 50.7 Å². The minimum Gasteiger partial charge on any atom is -0.444 e. The predicted octanol–water partition coefficient (Wildman–Crippen LogP) is 5.08. The molecule has 1 aliphatic heterocycles. The number of nitrogens with one attached hydrogen (secondary N) is 1. The molecule has 0 aromatic carbocycles. The van der Waals surface area contributed by atoms with Crippen LogP contribution in [-0.2, 0) is 4.74 Å². The van der Waals surface area contributed by atoms with Crippen LogP contribution in [0.5, 0.6) is 0 Å². The van der Waals surface area contributed by atoms with Crippen LogP contribution in [0.4, 0.5) is 15.0 Å². The summed E-state index contributed by atoms with van der Waals surface area (Å²) in [6.45, 7) is 6.65. The van der Waals surface area contributed by atoms with Gasteiger partial charge in [-0.05, 0) is 49.2 Å². The van der Waals surface area contributed by atoms with Crippen LogP contribution < -0.4 is 5.32 Å². The van der Waals surface area contributed by atoms with Crippen molar-refractivity contribution in [1.82, 2.24) is 19.9 Å². The number of amides is 1. The van der Waals surface area contributed by atoms with Gasteiger partial charge in [-0.3, -0.25) is 4.98 Å². The van der Waals surface area contributed by atoms with Crippen LogP contribution in [0.1, 0.15) is 27.2 Å². The molecule has 0 aliphatic carbocycles. The lowest BCUT2D eigenvalue weighted by atomic mass is 10.2. The van der Waals surface area contributed by atoms with Crippen molar-refractivity contribution in [2.24, 2.45) is 0 Å². The van der Waals surface area contributed by atoms with Gasteiger partial charge in [-0.25, -0.2) is 19.2 Å². The van der Waals surface area contributed by atoms with Gasteiger partial charge in [-0.1, -0.05) is 0 Å². The minimum atomic E-state index is -0.534. The SMILES string of the molecule is CC(C)(C)OC(=O)N1CC[C@@H](Nc2nc(-c3ccncc3F)nc3c(Br)csc23)C1. The second kappa shape index (κ2) is 8.07. The molecule has 3 aromatic heterocycles. The van der Waals surface area contributed by atoms with Gasteiger partial charge in [0.1, 0.15) is 16.9 Å². The Morgan fingerprint density at radius 2 is 2.20 bits per heavy atom. The fraction of sp³-hybridized carbons (Fsp3) is 0.400. The standard InChI is InChI=1S/C20H21BrFN5O2S/c1-20(2,3)29-19(28)27-7-5-11(9-27)24-18-16-15(13(21)10-30-16)25-17(26-18)12-4-6-23-8-14(12)22/h4,6,8,10-11H,5,7,9H2,1-3H3,(H,24,25,26)/t11-/m1/s1. The van der Waals surface area contributed by atoms with Crippen molar-refractivity contribution in [1.29, 1.82) is 0 Å².